The number of nitrogens with one attached hydrogen (secondary N) is 1. The third-order valence-electron chi connectivity index (χ3n) is 4.65. The lowest BCUT2D eigenvalue weighted by atomic mass is 10.0. The number of benzene rings is 2. The van der Waals surface area contributed by atoms with Gasteiger partial charge >= 0.3 is 12.1 Å². The summed E-state index contributed by atoms with van der Waals surface area (Å²) in [5, 5.41) is 1.02. The van der Waals surface area contributed by atoms with Gasteiger partial charge in [0.1, 0.15) is 12.4 Å². The van der Waals surface area contributed by atoms with Crippen LogP contribution in [0.15, 0.2) is 54.6 Å². The molecule has 172 valence electrons. The van der Waals surface area contributed by atoms with Crippen LogP contribution in [0.25, 0.3) is 0 Å². The Morgan fingerprint density at radius 2 is 1.59 bits per heavy atom. The van der Waals surface area contributed by atoms with E-state index in [1.165, 1.54) is 7.11 Å². The number of methoxy groups -OCH3 is 2. The minimum Gasteiger partial charge on any atom is -0.497 e. The number of esters is 1. The van der Waals surface area contributed by atoms with Gasteiger partial charge in [-0.3, -0.25) is 4.79 Å². The summed E-state index contributed by atoms with van der Waals surface area (Å²) >= 11 is 0. The zero-order chi connectivity index (χ0) is 23.5. The van der Waals surface area contributed by atoms with Gasteiger partial charge in [-0.05, 0) is 29.2 Å². The maximum absolute atomic E-state index is 12.9. The van der Waals surface area contributed by atoms with Crippen LogP contribution < -0.4 is 10.2 Å². The molecular weight excluding hydrogens is 412 g/mol. The molecular formula is C24H30N2O6. The van der Waals surface area contributed by atoms with Gasteiger partial charge in [0.15, 0.2) is 6.04 Å². The van der Waals surface area contributed by atoms with Gasteiger partial charge in [-0.1, -0.05) is 56.3 Å². The van der Waals surface area contributed by atoms with E-state index in [1.54, 1.807) is 31.4 Å². The van der Waals surface area contributed by atoms with Crippen molar-refractivity contribution in [1.29, 1.82) is 0 Å². The van der Waals surface area contributed by atoms with Crippen molar-refractivity contribution in [2.45, 2.75) is 39.3 Å². The Morgan fingerprint density at radius 1 is 0.938 bits per heavy atom. The van der Waals surface area contributed by atoms with E-state index in [0.717, 1.165) is 16.1 Å². The van der Waals surface area contributed by atoms with Crippen LogP contribution in [0.2, 0.25) is 0 Å². The Hall–Kier alpha value is -3.55. The van der Waals surface area contributed by atoms with Gasteiger partial charge < -0.3 is 14.2 Å². The molecule has 8 heteroatoms. The summed E-state index contributed by atoms with van der Waals surface area (Å²) in [4.78, 5) is 38.0. The molecule has 0 aliphatic heterocycles. The van der Waals surface area contributed by atoms with E-state index in [9.17, 15) is 14.4 Å². The first-order valence-electron chi connectivity index (χ1n) is 10.3. The third-order valence-corrected chi connectivity index (χ3v) is 4.65. The van der Waals surface area contributed by atoms with E-state index in [1.807, 2.05) is 44.2 Å². The fourth-order valence-corrected chi connectivity index (χ4v) is 3.02. The number of carbonyl (C=O) groups is 3. The number of hydrogen-bond acceptors (Lipinski definition) is 6. The molecule has 0 aliphatic rings. The van der Waals surface area contributed by atoms with Crippen LogP contribution in [0.5, 0.6) is 5.75 Å². The molecule has 1 atom stereocenters. The summed E-state index contributed by atoms with van der Waals surface area (Å²) in [5.74, 6) is -0.382. The van der Waals surface area contributed by atoms with Gasteiger partial charge in [-0.25, -0.2) is 20.0 Å². The third kappa shape index (κ3) is 7.61. The Kier molecular flexibility index (Phi) is 9.53. The van der Waals surface area contributed by atoms with Crippen molar-refractivity contribution < 1.29 is 28.6 Å². The molecule has 0 heterocycles. The van der Waals surface area contributed by atoms with Gasteiger partial charge in [0, 0.05) is 12.8 Å². The summed E-state index contributed by atoms with van der Waals surface area (Å²) in [7, 11) is 2.80. The fourth-order valence-electron chi connectivity index (χ4n) is 3.02. The first kappa shape index (κ1) is 24.7. The van der Waals surface area contributed by atoms with Crippen molar-refractivity contribution in [3.63, 3.8) is 0 Å². The molecule has 1 N–H and O–H groups in total. The van der Waals surface area contributed by atoms with E-state index >= 15 is 0 Å². The number of nitrogens with zero attached hydrogens (tertiary/aromatic N) is 1. The van der Waals surface area contributed by atoms with Crippen LogP contribution in [0.3, 0.4) is 0 Å². The molecule has 2 rings (SSSR count). The van der Waals surface area contributed by atoms with Crippen LogP contribution in [-0.4, -0.2) is 43.2 Å². The van der Waals surface area contributed by atoms with E-state index in [0.29, 0.717) is 5.75 Å². The average Bonchev–Trinajstić information content (AvgIpc) is 2.80. The maximum Gasteiger partial charge on any atom is 0.426 e. The van der Waals surface area contributed by atoms with E-state index in [-0.39, 0.29) is 25.4 Å². The SMILES string of the molecule is COC(=O)[C@H](Cc1ccc(OC)cc1)N(NC(=O)OCc1ccccc1)C(=O)CC(C)C. The normalized spacial score (nSPS) is 11.4. The van der Waals surface area contributed by atoms with E-state index in [2.05, 4.69) is 5.43 Å². The zero-order valence-corrected chi connectivity index (χ0v) is 18.9. The molecule has 0 bridgehead atoms. The molecule has 8 nitrogen and oxygen atoms in total. The van der Waals surface area contributed by atoms with Gasteiger partial charge in [0.05, 0.1) is 14.2 Å². The summed E-state index contributed by atoms with van der Waals surface area (Å²) in [6, 6.07) is 15.2. The second-order valence-corrected chi connectivity index (χ2v) is 7.63. The first-order valence-corrected chi connectivity index (χ1v) is 10.3. The van der Waals surface area contributed by atoms with Crippen LogP contribution >= 0.6 is 0 Å². The molecule has 0 radical (unpaired) electrons. The molecule has 0 unspecified atom stereocenters. The topological polar surface area (TPSA) is 94.2 Å². The second kappa shape index (κ2) is 12.3. The second-order valence-electron chi connectivity index (χ2n) is 7.63. The van der Waals surface area contributed by atoms with Gasteiger partial charge in [0.25, 0.3) is 0 Å². The Morgan fingerprint density at radius 3 is 2.16 bits per heavy atom. The Bertz CT molecular complexity index is 883. The summed E-state index contributed by atoms with van der Waals surface area (Å²) < 4.78 is 15.3. The first-order chi connectivity index (χ1) is 15.3. The molecule has 0 saturated carbocycles. The molecule has 0 fully saturated rings. The number of hydrazine groups is 1. The van der Waals surface area contributed by atoms with Crippen molar-refractivity contribution in [3.8, 4) is 5.75 Å². The van der Waals surface area contributed by atoms with E-state index in [4.69, 9.17) is 14.2 Å². The summed E-state index contributed by atoms with van der Waals surface area (Å²) in [6.45, 7) is 3.78. The number of rotatable bonds is 9. The van der Waals surface area contributed by atoms with Crippen molar-refractivity contribution in [1.82, 2.24) is 10.4 Å². The van der Waals surface area contributed by atoms with Crippen molar-refractivity contribution in [2.24, 2.45) is 5.92 Å². The molecule has 2 aromatic rings. The minimum atomic E-state index is -1.07. The van der Waals surface area contributed by atoms with Gasteiger partial charge in [-0.15, -0.1) is 0 Å². The zero-order valence-electron chi connectivity index (χ0n) is 18.9. The number of carbonyl (C=O) groups excluding carboxylic acids is 3. The monoisotopic (exact) mass is 442 g/mol. The summed E-state index contributed by atoms with van der Waals surface area (Å²) in [6.07, 6.45) is -0.566. The number of hydrogen-bond donors (Lipinski definition) is 1. The van der Waals surface area contributed by atoms with Crippen LogP contribution in [0.1, 0.15) is 31.4 Å². The molecule has 32 heavy (non-hydrogen) atoms. The van der Waals surface area contributed by atoms with Crippen LogP contribution in [0.4, 0.5) is 4.79 Å². The van der Waals surface area contributed by atoms with Crippen molar-refractivity contribution in [2.75, 3.05) is 14.2 Å². The standard InChI is InChI=1S/C24H30N2O6/c1-17(2)14-22(27)26(25-24(29)32-16-19-8-6-5-7-9-19)21(23(28)31-4)15-18-10-12-20(30-3)13-11-18/h5-13,17,21H,14-16H2,1-4H3,(H,25,29)/t21-/m0/s1. The average molecular weight is 443 g/mol. The molecule has 0 saturated heterocycles. The highest BCUT2D eigenvalue weighted by Crippen LogP contribution is 2.17. The predicted molar refractivity (Wildman–Crippen MR) is 119 cm³/mol. The smallest absolute Gasteiger partial charge is 0.426 e. The highest BCUT2D eigenvalue weighted by molar-refractivity contribution is 5.86. The highest BCUT2D eigenvalue weighted by atomic mass is 16.6. The minimum absolute atomic E-state index is 0.0198. The highest BCUT2D eigenvalue weighted by Gasteiger charge is 2.33. The van der Waals surface area contributed by atoms with Crippen LogP contribution in [0, 0.1) is 5.92 Å². The number of amides is 2. The van der Waals surface area contributed by atoms with Crippen molar-refractivity contribution >= 4 is 18.0 Å². The molecule has 0 aliphatic carbocycles. The lowest BCUT2D eigenvalue weighted by molar-refractivity contribution is -0.155. The molecule has 2 aromatic carbocycles. The quantitative estimate of drug-likeness (QED) is 0.472. The molecule has 0 aromatic heterocycles. The lowest BCUT2D eigenvalue weighted by Gasteiger charge is -2.30. The van der Waals surface area contributed by atoms with Gasteiger partial charge in [-0.2, -0.15) is 0 Å². The van der Waals surface area contributed by atoms with E-state index < -0.39 is 24.0 Å². The Balaban J connectivity index is 2.21. The fraction of sp³-hybridized carbons (Fsp3) is 0.375. The summed E-state index contributed by atoms with van der Waals surface area (Å²) in [5.41, 5.74) is 4.01. The molecule has 2 amide bonds. The van der Waals surface area contributed by atoms with Crippen LogP contribution in [-0.2, 0) is 32.1 Å². The Labute approximate surface area is 188 Å². The molecule has 0 spiro atoms. The number of ether oxygens (including phenoxy) is 3. The van der Waals surface area contributed by atoms with Crippen molar-refractivity contribution in [3.05, 3.63) is 65.7 Å². The lowest BCUT2D eigenvalue weighted by Crippen LogP contribution is -2.56. The maximum atomic E-state index is 12.9. The van der Waals surface area contributed by atoms with Gasteiger partial charge in [0.2, 0.25) is 5.91 Å². The largest absolute Gasteiger partial charge is 0.497 e. The predicted octanol–water partition coefficient (Wildman–Crippen LogP) is 3.50.